The van der Waals surface area contributed by atoms with Crippen LogP contribution in [0.4, 0.5) is 4.39 Å². The summed E-state index contributed by atoms with van der Waals surface area (Å²) in [5.41, 5.74) is 2.12. The predicted octanol–water partition coefficient (Wildman–Crippen LogP) is 4.10. The van der Waals surface area contributed by atoms with Crippen molar-refractivity contribution in [1.29, 1.82) is 0 Å². The fraction of sp³-hybridized carbons (Fsp3) is 0.158. The second-order valence-electron chi connectivity index (χ2n) is 5.48. The number of aromatic nitrogens is 1. The number of halogens is 1. The van der Waals surface area contributed by atoms with Crippen molar-refractivity contribution in [2.24, 2.45) is 0 Å². The van der Waals surface area contributed by atoms with Crippen LogP contribution in [0.1, 0.15) is 26.6 Å². The van der Waals surface area contributed by atoms with Gasteiger partial charge >= 0.3 is 0 Å². The molecule has 4 nitrogen and oxygen atoms in total. The standard InChI is InChI=1S/C19H17FN2O2S/c1-13-22-17(12-25-13)11-24-18-7-5-15(6-8-18)19(23)21-10-14-3-2-4-16(20)9-14/h2-9,12H,10-11H2,1H3,(H,21,23). The average molecular weight is 356 g/mol. The van der Waals surface area contributed by atoms with Crippen LogP contribution in [0.3, 0.4) is 0 Å². The number of rotatable bonds is 6. The summed E-state index contributed by atoms with van der Waals surface area (Å²) < 4.78 is 18.8. The van der Waals surface area contributed by atoms with Gasteiger partial charge in [-0.2, -0.15) is 0 Å². The highest BCUT2D eigenvalue weighted by molar-refractivity contribution is 7.09. The Morgan fingerprint density at radius 2 is 2.04 bits per heavy atom. The first-order chi connectivity index (χ1) is 12.1. The van der Waals surface area contributed by atoms with E-state index in [4.69, 9.17) is 4.74 Å². The van der Waals surface area contributed by atoms with Crippen LogP contribution in [0.15, 0.2) is 53.9 Å². The number of ether oxygens (including phenoxy) is 1. The second kappa shape index (κ2) is 7.90. The van der Waals surface area contributed by atoms with Gasteiger partial charge in [0.2, 0.25) is 0 Å². The van der Waals surface area contributed by atoms with Crippen molar-refractivity contribution < 1.29 is 13.9 Å². The van der Waals surface area contributed by atoms with Crippen LogP contribution in [0.25, 0.3) is 0 Å². The van der Waals surface area contributed by atoms with Gasteiger partial charge in [0.1, 0.15) is 18.2 Å². The fourth-order valence-corrected chi connectivity index (χ4v) is 2.86. The second-order valence-corrected chi connectivity index (χ2v) is 6.55. The molecule has 0 spiro atoms. The van der Waals surface area contributed by atoms with Crippen molar-refractivity contribution in [1.82, 2.24) is 10.3 Å². The van der Waals surface area contributed by atoms with E-state index in [1.54, 1.807) is 47.7 Å². The quantitative estimate of drug-likeness (QED) is 0.723. The van der Waals surface area contributed by atoms with Crippen LogP contribution in [-0.4, -0.2) is 10.9 Å². The Labute approximate surface area is 149 Å². The van der Waals surface area contributed by atoms with Crippen molar-refractivity contribution in [3.63, 3.8) is 0 Å². The van der Waals surface area contributed by atoms with Crippen LogP contribution in [0.2, 0.25) is 0 Å². The lowest BCUT2D eigenvalue weighted by atomic mass is 10.2. The van der Waals surface area contributed by atoms with Gasteiger partial charge in [-0.1, -0.05) is 12.1 Å². The third-order valence-electron chi connectivity index (χ3n) is 3.51. The lowest BCUT2D eigenvalue weighted by Gasteiger charge is -2.07. The molecule has 3 rings (SSSR count). The van der Waals surface area contributed by atoms with E-state index in [1.165, 1.54) is 12.1 Å². The molecular weight excluding hydrogens is 339 g/mol. The van der Waals surface area contributed by atoms with Gasteiger partial charge in [-0.25, -0.2) is 9.37 Å². The molecule has 2 aromatic carbocycles. The van der Waals surface area contributed by atoms with Crippen molar-refractivity contribution in [3.8, 4) is 5.75 Å². The highest BCUT2D eigenvalue weighted by atomic mass is 32.1. The number of nitrogens with zero attached hydrogens (tertiary/aromatic N) is 1. The van der Waals surface area contributed by atoms with E-state index in [0.717, 1.165) is 10.7 Å². The predicted molar refractivity (Wildman–Crippen MR) is 95.2 cm³/mol. The Morgan fingerprint density at radius 3 is 2.72 bits per heavy atom. The maximum atomic E-state index is 13.1. The van der Waals surface area contributed by atoms with E-state index >= 15 is 0 Å². The Bertz CT molecular complexity index is 862. The molecule has 0 aliphatic rings. The average Bonchev–Trinajstić information content (AvgIpc) is 3.04. The minimum atomic E-state index is -0.316. The number of amides is 1. The number of nitrogens with one attached hydrogen (secondary N) is 1. The van der Waals surface area contributed by atoms with Crippen LogP contribution in [0, 0.1) is 12.7 Å². The summed E-state index contributed by atoms with van der Waals surface area (Å²) in [5.74, 6) is 0.141. The smallest absolute Gasteiger partial charge is 0.251 e. The van der Waals surface area contributed by atoms with Gasteiger partial charge in [0.15, 0.2) is 0 Å². The Kier molecular flexibility index (Phi) is 5.40. The summed E-state index contributed by atoms with van der Waals surface area (Å²) in [7, 11) is 0. The third kappa shape index (κ3) is 4.87. The molecule has 0 fully saturated rings. The molecule has 1 amide bonds. The lowest BCUT2D eigenvalue weighted by Crippen LogP contribution is -2.22. The lowest BCUT2D eigenvalue weighted by molar-refractivity contribution is 0.0951. The SMILES string of the molecule is Cc1nc(COc2ccc(C(=O)NCc3cccc(F)c3)cc2)cs1. The van der Waals surface area contributed by atoms with E-state index in [-0.39, 0.29) is 18.3 Å². The number of carbonyl (C=O) groups excluding carboxylic acids is 1. The molecule has 1 N–H and O–H groups in total. The molecule has 1 heterocycles. The Balaban J connectivity index is 1.53. The van der Waals surface area contributed by atoms with Gasteiger partial charge in [0.05, 0.1) is 10.7 Å². The minimum Gasteiger partial charge on any atom is -0.487 e. The van der Waals surface area contributed by atoms with E-state index in [9.17, 15) is 9.18 Å². The monoisotopic (exact) mass is 356 g/mol. The van der Waals surface area contributed by atoms with Crippen LogP contribution in [-0.2, 0) is 13.2 Å². The highest BCUT2D eigenvalue weighted by Crippen LogP contribution is 2.15. The molecule has 0 unspecified atom stereocenters. The first-order valence-corrected chi connectivity index (χ1v) is 8.64. The first kappa shape index (κ1) is 17.1. The molecule has 0 aliphatic carbocycles. The molecule has 0 atom stereocenters. The summed E-state index contributed by atoms with van der Waals surface area (Å²) >= 11 is 1.58. The van der Waals surface area contributed by atoms with Crippen LogP contribution < -0.4 is 10.1 Å². The molecule has 0 bridgehead atoms. The number of benzene rings is 2. The van der Waals surface area contributed by atoms with E-state index in [2.05, 4.69) is 10.3 Å². The zero-order chi connectivity index (χ0) is 17.6. The summed E-state index contributed by atoms with van der Waals surface area (Å²) in [5, 5.41) is 5.73. The molecule has 6 heteroatoms. The van der Waals surface area contributed by atoms with Gasteiger partial charge in [-0.3, -0.25) is 4.79 Å². The number of hydrogen-bond donors (Lipinski definition) is 1. The van der Waals surface area contributed by atoms with Gasteiger partial charge < -0.3 is 10.1 Å². The number of aryl methyl sites for hydroxylation is 1. The van der Waals surface area contributed by atoms with Crippen LogP contribution >= 0.6 is 11.3 Å². The van der Waals surface area contributed by atoms with Gasteiger partial charge in [0, 0.05) is 17.5 Å². The summed E-state index contributed by atoms with van der Waals surface area (Å²) in [6.45, 7) is 2.62. The maximum Gasteiger partial charge on any atom is 0.251 e. The number of carbonyl (C=O) groups is 1. The Hall–Kier alpha value is -2.73. The molecule has 25 heavy (non-hydrogen) atoms. The van der Waals surface area contributed by atoms with Gasteiger partial charge in [0.25, 0.3) is 5.91 Å². The zero-order valence-corrected chi connectivity index (χ0v) is 14.5. The topological polar surface area (TPSA) is 51.2 Å². The normalized spacial score (nSPS) is 10.5. The van der Waals surface area contributed by atoms with Crippen molar-refractivity contribution in [3.05, 3.63) is 81.6 Å². The molecule has 0 aliphatic heterocycles. The molecule has 0 saturated carbocycles. The number of thiazole rings is 1. The van der Waals surface area contributed by atoms with Crippen LogP contribution in [0.5, 0.6) is 5.75 Å². The molecule has 0 radical (unpaired) electrons. The highest BCUT2D eigenvalue weighted by Gasteiger charge is 2.06. The minimum absolute atomic E-state index is 0.217. The van der Waals surface area contributed by atoms with Crippen molar-refractivity contribution >= 4 is 17.2 Å². The van der Waals surface area contributed by atoms with Crippen molar-refractivity contribution in [2.45, 2.75) is 20.1 Å². The Morgan fingerprint density at radius 1 is 1.24 bits per heavy atom. The fourth-order valence-electron chi connectivity index (χ4n) is 2.27. The third-order valence-corrected chi connectivity index (χ3v) is 4.33. The van der Waals surface area contributed by atoms with E-state index in [0.29, 0.717) is 23.5 Å². The van der Waals surface area contributed by atoms with Gasteiger partial charge in [-0.05, 0) is 48.9 Å². The molecule has 0 saturated heterocycles. The van der Waals surface area contributed by atoms with Crippen molar-refractivity contribution in [2.75, 3.05) is 0 Å². The summed E-state index contributed by atoms with van der Waals surface area (Å²) in [4.78, 5) is 16.5. The van der Waals surface area contributed by atoms with E-state index < -0.39 is 0 Å². The number of hydrogen-bond acceptors (Lipinski definition) is 4. The first-order valence-electron chi connectivity index (χ1n) is 7.77. The summed E-state index contributed by atoms with van der Waals surface area (Å²) in [6, 6.07) is 13.0. The molecule has 128 valence electrons. The largest absolute Gasteiger partial charge is 0.487 e. The molecule has 1 aromatic heterocycles. The zero-order valence-electron chi connectivity index (χ0n) is 13.7. The molecule has 3 aromatic rings. The van der Waals surface area contributed by atoms with Gasteiger partial charge in [-0.15, -0.1) is 11.3 Å². The summed E-state index contributed by atoms with van der Waals surface area (Å²) in [6.07, 6.45) is 0. The molecular formula is C19H17FN2O2S. The van der Waals surface area contributed by atoms with E-state index in [1.807, 2.05) is 12.3 Å². The maximum absolute atomic E-state index is 13.1.